The first-order chi connectivity index (χ1) is 28.8. The van der Waals surface area contributed by atoms with Gasteiger partial charge in [-0.25, -0.2) is 4.44 Å². The SMILES string of the molecule is CCCCN(P(c1cccc([Si](CCCC)(CCCC)CCCC)c1)c1ccccc1C)P(c1cccc([Si](CCCC)(CCCC)CCCC)c1)c1ccccc1C. The molecule has 0 saturated heterocycles. The van der Waals surface area contributed by atoms with Crippen molar-refractivity contribution in [3.05, 3.63) is 108 Å². The lowest BCUT2D eigenvalue weighted by molar-refractivity contribution is 0.646. The summed E-state index contributed by atoms with van der Waals surface area (Å²) in [5.74, 6) is 0. The molecule has 324 valence electrons. The summed E-state index contributed by atoms with van der Waals surface area (Å²) in [6.07, 6.45) is 18.4. The average molecular weight is 866 g/mol. The van der Waals surface area contributed by atoms with Crippen LogP contribution in [-0.4, -0.2) is 27.1 Å². The van der Waals surface area contributed by atoms with E-state index in [9.17, 15) is 0 Å². The zero-order chi connectivity index (χ0) is 42.5. The Balaban J connectivity index is 2.07. The summed E-state index contributed by atoms with van der Waals surface area (Å²) in [7, 11) is -5.06. The highest BCUT2D eigenvalue weighted by Crippen LogP contribution is 2.55. The van der Waals surface area contributed by atoms with Crippen LogP contribution < -0.4 is 31.6 Å². The van der Waals surface area contributed by atoms with Crippen molar-refractivity contribution in [1.29, 1.82) is 0 Å². The van der Waals surface area contributed by atoms with Crippen molar-refractivity contribution < 1.29 is 0 Å². The van der Waals surface area contributed by atoms with Crippen LogP contribution >= 0.6 is 16.1 Å². The first-order valence-electron chi connectivity index (χ1n) is 24.5. The standard InChI is InChI=1S/C54H85NP2Si2/c1-10-17-38-55(56(53-36-26-24-30-47(53)8)49-32-28-34-51(45-49)58(39-18-11-2,40-19-12-3)41-20-13-4)57(54-37-27-25-31-48(54)9)50-33-29-35-52(46-50)59(42-21-14-5,43-22-15-6)44-23-16-7/h24-37,45-46H,10-23,38-44H2,1-9H3. The van der Waals surface area contributed by atoms with Gasteiger partial charge in [0.15, 0.2) is 0 Å². The molecule has 0 aromatic heterocycles. The van der Waals surface area contributed by atoms with Gasteiger partial charge in [-0.05, 0) is 52.6 Å². The highest BCUT2D eigenvalue weighted by molar-refractivity contribution is 7.84. The summed E-state index contributed by atoms with van der Waals surface area (Å²) >= 11 is 0. The number of rotatable bonds is 29. The lowest BCUT2D eigenvalue weighted by atomic mass is 10.2. The molecule has 0 radical (unpaired) electrons. The summed E-state index contributed by atoms with van der Waals surface area (Å²) in [5.41, 5.74) is 2.88. The van der Waals surface area contributed by atoms with E-state index in [4.69, 9.17) is 0 Å². The molecule has 4 aromatic carbocycles. The average Bonchev–Trinajstić information content (AvgIpc) is 3.26. The van der Waals surface area contributed by atoms with Crippen LogP contribution in [0, 0.1) is 13.8 Å². The monoisotopic (exact) mass is 866 g/mol. The Morgan fingerprint density at radius 3 is 1.02 bits per heavy atom. The maximum Gasteiger partial charge on any atom is 0.0867 e. The molecule has 2 atom stereocenters. The van der Waals surface area contributed by atoms with Crippen molar-refractivity contribution in [3.8, 4) is 0 Å². The molecule has 59 heavy (non-hydrogen) atoms. The van der Waals surface area contributed by atoms with Crippen molar-refractivity contribution in [3.63, 3.8) is 0 Å². The second kappa shape index (κ2) is 26.6. The van der Waals surface area contributed by atoms with E-state index in [-0.39, 0.29) is 0 Å². The van der Waals surface area contributed by atoms with E-state index in [0.29, 0.717) is 0 Å². The third-order valence-electron chi connectivity index (χ3n) is 13.3. The van der Waals surface area contributed by atoms with Gasteiger partial charge in [0.2, 0.25) is 0 Å². The smallest absolute Gasteiger partial charge is 0.0867 e. The molecule has 0 heterocycles. The Morgan fingerprint density at radius 1 is 0.390 bits per heavy atom. The van der Waals surface area contributed by atoms with E-state index in [1.165, 1.54) is 137 Å². The predicted octanol–water partition coefficient (Wildman–Crippen LogP) is 14.9. The summed E-state index contributed by atoms with van der Waals surface area (Å²) in [5, 5.41) is 9.77. The molecule has 4 aromatic rings. The maximum absolute atomic E-state index is 3.11. The fraction of sp³-hybridized carbons (Fsp3) is 0.556. The van der Waals surface area contributed by atoms with Crippen molar-refractivity contribution in [2.75, 3.05) is 6.54 Å². The molecule has 4 rings (SSSR count). The number of aryl methyl sites for hydroxylation is 2. The number of hydrogen-bond donors (Lipinski definition) is 0. The van der Waals surface area contributed by atoms with Crippen molar-refractivity contribution >= 4 is 63.9 Å². The molecule has 0 aliphatic rings. The van der Waals surface area contributed by atoms with E-state index in [1.54, 1.807) is 31.6 Å². The third-order valence-corrected chi connectivity index (χ3v) is 30.1. The van der Waals surface area contributed by atoms with Crippen LogP contribution in [-0.2, 0) is 0 Å². The molecule has 0 aliphatic carbocycles. The van der Waals surface area contributed by atoms with Gasteiger partial charge < -0.3 is 0 Å². The van der Waals surface area contributed by atoms with Crippen LogP contribution in [0.5, 0.6) is 0 Å². The van der Waals surface area contributed by atoms with Gasteiger partial charge in [-0.15, -0.1) is 0 Å². The molecule has 1 nitrogen and oxygen atoms in total. The quantitative estimate of drug-likeness (QED) is 0.0388. The molecule has 2 unspecified atom stereocenters. The summed E-state index contributed by atoms with van der Waals surface area (Å²) in [6, 6.07) is 48.5. The molecule has 0 N–H and O–H groups in total. The molecule has 0 bridgehead atoms. The van der Waals surface area contributed by atoms with Gasteiger partial charge in [0.05, 0.1) is 16.1 Å². The van der Waals surface area contributed by atoms with Crippen LogP contribution in [0.25, 0.3) is 0 Å². The molecular formula is C54H85NP2Si2. The second-order valence-corrected chi connectivity index (χ2v) is 31.7. The Bertz CT molecular complexity index is 1600. The Labute approximate surface area is 369 Å². The van der Waals surface area contributed by atoms with Gasteiger partial charge in [-0.3, -0.25) is 0 Å². The van der Waals surface area contributed by atoms with Gasteiger partial charge >= 0.3 is 0 Å². The van der Waals surface area contributed by atoms with Crippen molar-refractivity contribution in [2.24, 2.45) is 0 Å². The minimum atomic E-state index is -1.71. The topological polar surface area (TPSA) is 3.24 Å². The predicted molar refractivity (Wildman–Crippen MR) is 278 cm³/mol. The third kappa shape index (κ3) is 13.6. The molecule has 0 aliphatic heterocycles. The summed E-state index contributed by atoms with van der Waals surface area (Å²) < 4.78 is 3.11. The lowest BCUT2D eigenvalue weighted by Gasteiger charge is -2.41. The highest BCUT2D eigenvalue weighted by Gasteiger charge is 2.38. The van der Waals surface area contributed by atoms with Crippen LogP contribution in [0.3, 0.4) is 0 Å². The molecule has 0 spiro atoms. The van der Waals surface area contributed by atoms with E-state index in [0.717, 1.165) is 6.54 Å². The Kier molecular flexibility index (Phi) is 22.4. The molecule has 0 saturated carbocycles. The van der Waals surface area contributed by atoms with Gasteiger partial charge in [0.25, 0.3) is 0 Å². The normalized spacial score (nSPS) is 13.3. The van der Waals surface area contributed by atoms with E-state index in [2.05, 4.69) is 164 Å². The first-order valence-corrected chi connectivity index (χ1v) is 32.3. The maximum atomic E-state index is 3.11. The highest BCUT2D eigenvalue weighted by atomic mass is 31.2. The van der Waals surface area contributed by atoms with Crippen LogP contribution in [0.15, 0.2) is 97.1 Å². The summed E-state index contributed by atoms with van der Waals surface area (Å²) in [4.78, 5) is 0. The lowest BCUT2D eigenvalue weighted by Crippen LogP contribution is -2.49. The Hall–Kier alpha value is -1.87. The molecular weight excluding hydrogens is 781 g/mol. The van der Waals surface area contributed by atoms with Gasteiger partial charge in [0, 0.05) is 22.7 Å². The first kappa shape index (κ1) is 49.8. The Morgan fingerprint density at radius 2 is 0.712 bits per heavy atom. The second-order valence-electron chi connectivity index (χ2n) is 17.9. The van der Waals surface area contributed by atoms with E-state index in [1.807, 2.05) is 0 Å². The van der Waals surface area contributed by atoms with Crippen LogP contribution in [0.2, 0.25) is 36.3 Å². The van der Waals surface area contributed by atoms with Crippen molar-refractivity contribution in [2.45, 2.75) is 188 Å². The fourth-order valence-electron chi connectivity index (χ4n) is 9.63. The molecule has 0 amide bonds. The van der Waals surface area contributed by atoms with E-state index >= 15 is 0 Å². The number of benzene rings is 4. The minimum absolute atomic E-state index is 0.818. The zero-order valence-electron chi connectivity index (χ0n) is 39.4. The van der Waals surface area contributed by atoms with Crippen LogP contribution in [0.1, 0.15) is 149 Å². The molecule has 5 heteroatoms. The van der Waals surface area contributed by atoms with Crippen molar-refractivity contribution in [1.82, 2.24) is 4.44 Å². The summed E-state index contributed by atoms with van der Waals surface area (Å²) in [6.45, 7) is 22.7. The van der Waals surface area contributed by atoms with Gasteiger partial charge in [-0.1, -0.05) is 276 Å². The minimum Gasteiger partial charge on any atom is -0.245 e. The van der Waals surface area contributed by atoms with Crippen LogP contribution in [0.4, 0.5) is 0 Å². The number of hydrogen-bond acceptors (Lipinski definition) is 1. The largest absolute Gasteiger partial charge is 0.245 e. The fourth-order valence-corrected chi connectivity index (χ4v) is 27.5. The number of unbranched alkanes of at least 4 members (excludes halogenated alkanes) is 7. The van der Waals surface area contributed by atoms with Gasteiger partial charge in [-0.2, -0.15) is 0 Å². The zero-order valence-corrected chi connectivity index (χ0v) is 43.2. The molecule has 0 fully saturated rings. The number of nitrogens with zero attached hydrogens (tertiary/aromatic N) is 1. The van der Waals surface area contributed by atoms with Gasteiger partial charge in [0.1, 0.15) is 0 Å². The van der Waals surface area contributed by atoms with E-state index < -0.39 is 32.3 Å².